The standard InChI is InChI=1S/C62H123FN4O3/c1-7-11-15-19-23-27-35-43-52-65(53-44-36-28-24-20-16-12-8-2)61(69)50-42-34-32-40-48-57-67(62(70)59(63)51-58-64(5)6)56-47-39-31-30-38-46-55-66(54-45-37-29-25-21-17-13-9-3)60(68)49-41-33-26-22-18-14-10-4/h59H,7-58H2,1-6H3. The summed E-state index contributed by atoms with van der Waals surface area (Å²) in [5, 5.41) is 0. The van der Waals surface area contributed by atoms with Crippen LogP contribution in [0, 0.1) is 0 Å². The van der Waals surface area contributed by atoms with E-state index in [0.29, 0.717) is 44.3 Å². The van der Waals surface area contributed by atoms with Crippen molar-refractivity contribution >= 4 is 17.7 Å². The largest absolute Gasteiger partial charge is 0.343 e. The van der Waals surface area contributed by atoms with E-state index in [9.17, 15) is 14.4 Å². The summed E-state index contributed by atoms with van der Waals surface area (Å²) < 4.78 is 15.2. The molecule has 0 bridgehead atoms. The minimum Gasteiger partial charge on any atom is -0.343 e. The van der Waals surface area contributed by atoms with Gasteiger partial charge in [-0.25, -0.2) is 4.39 Å². The molecular formula is C62H123FN4O3. The lowest BCUT2D eigenvalue weighted by molar-refractivity contribution is -0.137. The monoisotopic (exact) mass is 991 g/mol. The number of carbonyl (C=O) groups is 3. The van der Waals surface area contributed by atoms with Crippen molar-refractivity contribution in [3.05, 3.63) is 0 Å². The molecule has 0 aromatic rings. The quantitative estimate of drug-likeness (QED) is 0.0570. The maximum absolute atomic E-state index is 15.2. The smallest absolute Gasteiger partial charge is 0.257 e. The van der Waals surface area contributed by atoms with Crippen LogP contribution in [0.4, 0.5) is 4.39 Å². The summed E-state index contributed by atoms with van der Waals surface area (Å²) in [6.45, 7) is 14.5. The number of halogens is 1. The molecule has 0 fully saturated rings. The highest BCUT2D eigenvalue weighted by atomic mass is 19.1. The van der Waals surface area contributed by atoms with Crippen molar-refractivity contribution < 1.29 is 18.8 Å². The van der Waals surface area contributed by atoms with Gasteiger partial charge in [-0.1, -0.05) is 246 Å². The van der Waals surface area contributed by atoms with Crippen LogP contribution in [0.3, 0.4) is 0 Å². The minimum atomic E-state index is -1.45. The van der Waals surface area contributed by atoms with Crippen molar-refractivity contribution in [1.29, 1.82) is 0 Å². The van der Waals surface area contributed by atoms with Gasteiger partial charge in [-0.3, -0.25) is 14.4 Å². The topological polar surface area (TPSA) is 64.2 Å². The van der Waals surface area contributed by atoms with Gasteiger partial charge in [0.1, 0.15) is 0 Å². The summed E-state index contributed by atoms with van der Waals surface area (Å²) in [7, 11) is 3.86. The van der Waals surface area contributed by atoms with Crippen molar-refractivity contribution in [2.75, 3.05) is 59.9 Å². The Hall–Kier alpha value is -1.70. The summed E-state index contributed by atoms with van der Waals surface area (Å²) in [6, 6.07) is 0. The van der Waals surface area contributed by atoms with Crippen LogP contribution >= 0.6 is 0 Å². The Labute approximate surface area is 437 Å². The molecule has 7 nitrogen and oxygen atoms in total. The summed E-state index contributed by atoms with van der Waals surface area (Å²) in [5.41, 5.74) is 0. The zero-order valence-electron chi connectivity index (χ0n) is 48.2. The first-order valence-electron chi connectivity index (χ1n) is 31.3. The molecular weight excluding hydrogens is 868 g/mol. The number of hydrogen-bond donors (Lipinski definition) is 0. The fraction of sp³-hybridized carbons (Fsp3) is 0.952. The van der Waals surface area contributed by atoms with Gasteiger partial charge in [0, 0.05) is 65.1 Å². The maximum Gasteiger partial charge on any atom is 0.257 e. The van der Waals surface area contributed by atoms with E-state index in [1.54, 1.807) is 0 Å². The van der Waals surface area contributed by atoms with Crippen LogP contribution in [0.1, 0.15) is 317 Å². The Morgan fingerprint density at radius 2 is 0.514 bits per heavy atom. The molecule has 0 aliphatic heterocycles. The highest BCUT2D eigenvalue weighted by Gasteiger charge is 2.23. The van der Waals surface area contributed by atoms with Gasteiger partial charge in [-0.05, 0) is 65.5 Å². The van der Waals surface area contributed by atoms with Gasteiger partial charge in [-0.15, -0.1) is 0 Å². The van der Waals surface area contributed by atoms with Gasteiger partial charge < -0.3 is 19.6 Å². The molecule has 0 N–H and O–H groups in total. The molecule has 0 heterocycles. The summed E-state index contributed by atoms with van der Waals surface area (Å²) >= 11 is 0. The van der Waals surface area contributed by atoms with Crippen LogP contribution in [-0.2, 0) is 14.4 Å². The zero-order chi connectivity index (χ0) is 51.4. The number of alkyl halides is 1. The molecule has 0 aliphatic carbocycles. The molecule has 416 valence electrons. The first kappa shape index (κ1) is 68.3. The van der Waals surface area contributed by atoms with Crippen LogP contribution in [0.5, 0.6) is 0 Å². The molecule has 8 heteroatoms. The van der Waals surface area contributed by atoms with Crippen LogP contribution in [0.2, 0.25) is 0 Å². The normalized spacial score (nSPS) is 12.0. The Kier molecular flexibility index (Phi) is 52.3. The lowest BCUT2D eigenvalue weighted by atomic mass is 10.1. The highest BCUT2D eigenvalue weighted by molar-refractivity contribution is 5.80. The first-order chi connectivity index (χ1) is 34.2. The third kappa shape index (κ3) is 45.0. The van der Waals surface area contributed by atoms with Crippen molar-refractivity contribution in [3.63, 3.8) is 0 Å². The molecule has 0 rings (SSSR count). The molecule has 70 heavy (non-hydrogen) atoms. The molecule has 0 radical (unpaired) electrons. The second kappa shape index (κ2) is 53.6. The second-order valence-electron chi connectivity index (χ2n) is 22.1. The van der Waals surface area contributed by atoms with Gasteiger partial charge >= 0.3 is 0 Å². The fourth-order valence-corrected chi connectivity index (χ4v) is 10.0. The van der Waals surface area contributed by atoms with E-state index in [1.165, 1.54) is 173 Å². The van der Waals surface area contributed by atoms with Crippen LogP contribution in [0.15, 0.2) is 0 Å². The van der Waals surface area contributed by atoms with E-state index in [2.05, 4.69) is 37.5 Å². The molecule has 0 aromatic carbocycles. The van der Waals surface area contributed by atoms with Crippen LogP contribution < -0.4 is 0 Å². The first-order valence-corrected chi connectivity index (χ1v) is 31.3. The summed E-state index contributed by atoms with van der Waals surface area (Å²) in [4.78, 5) is 48.3. The van der Waals surface area contributed by atoms with Gasteiger partial charge in [0.2, 0.25) is 11.8 Å². The van der Waals surface area contributed by atoms with E-state index in [0.717, 1.165) is 122 Å². The molecule has 1 atom stereocenters. The van der Waals surface area contributed by atoms with E-state index in [4.69, 9.17) is 0 Å². The molecule has 3 amide bonds. The number of nitrogens with zero attached hydrogens (tertiary/aromatic N) is 4. The fourth-order valence-electron chi connectivity index (χ4n) is 10.0. The lowest BCUT2D eigenvalue weighted by Crippen LogP contribution is -2.39. The van der Waals surface area contributed by atoms with E-state index in [-0.39, 0.29) is 12.3 Å². The number of unbranched alkanes of at least 4 members (excludes halogenated alkanes) is 36. The SMILES string of the molecule is CCCCCCCCCCN(CCCCCCCCN(CCCCCCCC(=O)N(CCCCCCCCCC)CCCCCCCCCC)C(=O)C(F)CCN(C)C)C(=O)CCCCCCCCC. The average molecular weight is 992 g/mol. The predicted molar refractivity (Wildman–Crippen MR) is 304 cm³/mol. The lowest BCUT2D eigenvalue weighted by Gasteiger charge is -2.25. The Bertz CT molecular complexity index is 1100. The molecule has 0 aromatic heterocycles. The maximum atomic E-state index is 15.2. The number of hydrogen-bond acceptors (Lipinski definition) is 4. The molecule has 1 unspecified atom stereocenters. The molecule has 0 spiro atoms. The van der Waals surface area contributed by atoms with Gasteiger partial charge in [0.15, 0.2) is 6.17 Å². The van der Waals surface area contributed by atoms with Crippen molar-refractivity contribution in [1.82, 2.24) is 19.6 Å². The Morgan fingerprint density at radius 3 is 0.757 bits per heavy atom. The van der Waals surface area contributed by atoms with Crippen LogP contribution in [0.25, 0.3) is 0 Å². The van der Waals surface area contributed by atoms with Crippen molar-refractivity contribution in [2.45, 2.75) is 323 Å². The molecule has 0 saturated carbocycles. The van der Waals surface area contributed by atoms with Crippen molar-refractivity contribution in [2.24, 2.45) is 0 Å². The van der Waals surface area contributed by atoms with E-state index in [1.807, 2.05) is 23.9 Å². The third-order valence-corrected chi connectivity index (χ3v) is 14.9. The third-order valence-electron chi connectivity index (χ3n) is 14.9. The van der Waals surface area contributed by atoms with Crippen molar-refractivity contribution in [3.8, 4) is 0 Å². The van der Waals surface area contributed by atoms with E-state index < -0.39 is 6.17 Å². The highest BCUT2D eigenvalue weighted by Crippen LogP contribution is 2.18. The Balaban J connectivity index is 4.87. The van der Waals surface area contributed by atoms with Gasteiger partial charge in [0.25, 0.3) is 5.91 Å². The number of rotatable bonds is 56. The van der Waals surface area contributed by atoms with Crippen LogP contribution in [-0.4, -0.2) is 103 Å². The minimum absolute atomic E-state index is 0.239. The second-order valence-corrected chi connectivity index (χ2v) is 22.1. The molecule has 0 saturated heterocycles. The summed E-state index contributed by atoms with van der Waals surface area (Å²) in [6.07, 6.45) is 51.0. The molecule has 0 aliphatic rings. The summed E-state index contributed by atoms with van der Waals surface area (Å²) in [5.74, 6) is 0.372. The average Bonchev–Trinajstić information content (AvgIpc) is 3.35. The number of carbonyl (C=O) groups excluding carboxylic acids is 3. The zero-order valence-corrected chi connectivity index (χ0v) is 48.2. The predicted octanol–water partition coefficient (Wildman–Crippen LogP) is 18.0. The number of amides is 3. The van der Waals surface area contributed by atoms with Gasteiger partial charge in [0.05, 0.1) is 0 Å². The Morgan fingerprint density at radius 1 is 0.300 bits per heavy atom. The van der Waals surface area contributed by atoms with Gasteiger partial charge in [-0.2, -0.15) is 0 Å². The van der Waals surface area contributed by atoms with E-state index >= 15 is 4.39 Å².